The van der Waals surface area contributed by atoms with E-state index in [0.29, 0.717) is 6.04 Å². The van der Waals surface area contributed by atoms with Crippen LogP contribution in [0.15, 0.2) is 24.3 Å². The number of hydrogen-bond donors (Lipinski definition) is 2. The van der Waals surface area contributed by atoms with Crippen molar-refractivity contribution in [2.45, 2.75) is 26.5 Å². The van der Waals surface area contributed by atoms with E-state index in [1.54, 1.807) is 0 Å². The molecule has 0 saturated carbocycles. The molecule has 0 bridgehead atoms. The molecule has 0 atom stereocenters. The number of aromatic nitrogens is 1. The van der Waals surface area contributed by atoms with Crippen LogP contribution in [0.3, 0.4) is 0 Å². The zero-order valence-electron chi connectivity index (χ0n) is 9.07. The van der Waals surface area contributed by atoms with Crippen molar-refractivity contribution in [1.82, 2.24) is 4.57 Å². The van der Waals surface area contributed by atoms with Gasteiger partial charge in [-0.15, -0.1) is 0 Å². The molecule has 3 heteroatoms. The number of nitrogen functional groups attached to an aromatic ring is 1. The SMILES string of the molecule is CC(C)n1c(CO)cc2c(N)cccc21. The van der Waals surface area contributed by atoms with Crippen molar-refractivity contribution in [2.75, 3.05) is 5.73 Å². The number of rotatable bonds is 2. The molecular formula is C12H16N2O. The maximum Gasteiger partial charge on any atom is 0.0833 e. The van der Waals surface area contributed by atoms with E-state index in [0.717, 1.165) is 22.3 Å². The molecule has 0 amide bonds. The second kappa shape index (κ2) is 3.59. The van der Waals surface area contributed by atoms with Crippen LogP contribution in [0.25, 0.3) is 10.9 Å². The maximum atomic E-state index is 9.30. The van der Waals surface area contributed by atoms with Gasteiger partial charge in [0.05, 0.1) is 12.1 Å². The zero-order valence-corrected chi connectivity index (χ0v) is 9.07. The van der Waals surface area contributed by atoms with Gasteiger partial charge in [0.1, 0.15) is 0 Å². The van der Waals surface area contributed by atoms with Crippen LogP contribution in [-0.4, -0.2) is 9.67 Å². The van der Waals surface area contributed by atoms with Crippen LogP contribution in [0.4, 0.5) is 5.69 Å². The van der Waals surface area contributed by atoms with Crippen LogP contribution < -0.4 is 5.73 Å². The van der Waals surface area contributed by atoms with E-state index in [-0.39, 0.29) is 6.61 Å². The standard InChI is InChI=1S/C12H16N2O/c1-8(2)14-9(7-15)6-10-11(13)4-3-5-12(10)14/h3-6,8,15H,7,13H2,1-2H3. The molecule has 0 aliphatic carbocycles. The number of benzene rings is 1. The van der Waals surface area contributed by atoms with Gasteiger partial charge in [0.25, 0.3) is 0 Å². The zero-order chi connectivity index (χ0) is 11.0. The van der Waals surface area contributed by atoms with Crippen LogP contribution in [-0.2, 0) is 6.61 Å². The normalized spacial score (nSPS) is 11.5. The van der Waals surface area contributed by atoms with E-state index in [4.69, 9.17) is 5.73 Å². The van der Waals surface area contributed by atoms with Crippen molar-refractivity contribution in [2.24, 2.45) is 0 Å². The molecule has 0 aliphatic rings. The minimum Gasteiger partial charge on any atom is -0.398 e. The minimum atomic E-state index is 0.0479. The van der Waals surface area contributed by atoms with Crippen molar-refractivity contribution in [3.05, 3.63) is 30.0 Å². The van der Waals surface area contributed by atoms with Gasteiger partial charge < -0.3 is 15.4 Å². The van der Waals surface area contributed by atoms with E-state index in [1.807, 2.05) is 24.3 Å². The number of aliphatic hydroxyl groups excluding tert-OH is 1. The van der Waals surface area contributed by atoms with Crippen LogP contribution in [0, 0.1) is 0 Å². The van der Waals surface area contributed by atoms with E-state index < -0.39 is 0 Å². The molecule has 2 rings (SSSR count). The van der Waals surface area contributed by atoms with Crippen molar-refractivity contribution < 1.29 is 5.11 Å². The van der Waals surface area contributed by atoms with Gasteiger partial charge >= 0.3 is 0 Å². The molecule has 0 aliphatic heterocycles. The largest absolute Gasteiger partial charge is 0.398 e. The van der Waals surface area contributed by atoms with Gasteiger partial charge in [-0.05, 0) is 32.0 Å². The Bertz CT molecular complexity index is 486. The van der Waals surface area contributed by atoms with E-state index in [9.17, 15) is 5.11 Å². The smallest absolute Gasteiger partial charge is 0.0833 e. The molecule has 0 unspecified atom stereocenters. The Morgan fingerprint density at radius 2 is 2.13 bits per heavy atom. The molecule has 3 N–H and O–H groups in total. The second-order valence-electron chi connectivity index (χ2n) is 4.04. The van der Waals surface area contributed by atoms with E-state index >= 15 is 0 Å². The molecule has 1 aromatic carbocycles. The summed E-state index contributed by atoms with van der Waals surface area (Å²) in [6.45, 7) is 4.25. The lowest BCUT2D eigenvalue weighted by atomic mass is 10.2. The van der Waals surface area contributed by atoms with Gasteiger partial charge in [0.2, 0.25) is 0 Å². The summed E-state index contributed by atoms with van der Waals surface area (Å²) in [7, 11) is 0. The summed E-state index contributed by atoms with van der Waals surface area (Å²) in [5, 5.41) is 10.3. The number of hydrogen-bond acceptors (Lipinski definition) is 2. The highest BCUT2D eigenvalue weighted by atomic mass is 16.3. The Hall–Kier alpha value is -1.48. The van der Waals surface area contributed by atoms with Gasteiger partial charge in [-0.1, -0.05) is 6.07 Å². The highest BCUT2D eigenvalue weighted by Gasteiger charge is 2.11. The van der Waals surface area contributed by atoms with Crippen LogP contribution in [0.2, 0.25) is 0 Å². The first-order chi connectivity index (χ1) is 7.15. The van der Waals surface area contributed by atoms with Crippen LogP contribution in [0.1, 0.15) is 25.6 Å². The Morgan fingerprint density at radius 3 is 2.73 bits per heavy atom. The predicted octanol–water partition coefficient (Wildman–Crippen LogP) is 2.30. The minimum absolute atomic E-state index is 0.0479. The number of anilines is 1. The topological polar surface area (TPSA) is 51.2 Å². The quantitative estimate of drug-likeness (QED) is 0.737. The van der Waals surface area contributed by atoms with Gasteiger partial charge in [0, 0.05) is 22.8 Å². The molecule has 3 nitrogen and oxygen atoms in total. The molecule has 15 heavy (non-hydrogen) atoms. The number of nitrogens with two attached hydrogens (primary N) is 1. The Labute approximate surface area is 89.1 Å². The van der Waals surface area contributed by atoms with Gasteiger partial charge in [-0.25, -0.2) is 0 Å². The lowest BCUT2D eigenvalue weighted by Gasteiger charge is -2.13. The van der Waals surface area contributed by atoms with E-state index in [1.165, 1.54) is 0 Å². The van der Waals surface area contributed by atoms with Crippen LogP contribution >= 0.6 is 0 Å². The second-order valence-corrected chi connectivity index (χ2v) is 4.04. The first kappa shape index (κ1) is 10.1. The fourth-order valence-electron chi connectivity index (χ4n) is 2.06. The molecule has 0 spiro atoms. The summed E-state index contributed by atoms with van der Waals surface area (Å²) in [6, 6.07) is 8.15. The third kappa shape index (κ3) is 1.49. The lowest BCUT2D eigenvalue weighted by Crippen LogP contribution is -2.04. The molecule has 0 radical (unpaired) electrons. The number of aliphatic hydroxyl groups is 1. The first-order valence-corrected chi connectivity index (χ1v) is 5.14. The summed E-state index contributed by atoms with van der Waals surface area (Å²) in [5.41, 5.74) is 8.67. The third-order valence-electron chi connectivity index (χ3n) is 2.68. The molecular weight excluding hydrogens is 188 g/mol. The average molecular weight is 204 g/mol. The molecule has 0 saturated heterocycles. The van der Waals surface area contributed by atoms with Crippen molar-refractivity contribution in [3.63, 3.8) is 0 Å². The first-order valence-electron chi connectivity index (χ1n) is 5.14. The van der Waals surface area contributed by atoms with Gasteiger partial charge in [0.15, 0.2) is 0 Å². The predicted molar refractivity (Wildman–Crippen MR) is 62.7 cm³/mol. The molecule has 1 heterocycles. The van der Waals surface area contributed by atoms with Gasteiger partial charge in [-0.2, -0.15) is 0 Å². The summed E-state index contributed by atoms with van der Waals surface area (Å²) >= 11 is 0. The molecule has 1 aromatic heterocycles. The fraction of sp³-hybridized carbons (Fsp3) is 0.333. The maximum absolute atomic E-state index is 9.30. The summed E-state index contributed by atoms with van der Waals surface area (Å²) in [6.07, 6.45) is 0. The van der Waals surface area contributed by atoms with Gasteiger partial charge in [-0.3, -0.25) is 0 Å². The summed E-state index contributed by atoms with van der Waals surface area (Å²) in [4.78, 5) is 0. The Kier molecular flexibility index (Phi) is 2.40. The lowest BCUT2D eigenvalue weighted by molar-refractivity contribution is 0.269. The van der Waals surface area contributed by atoms with Crippen molar-refractivity contribution >= 4 is 16.6 Å². The van der Waals surface area contributed by atoms with Crippen molar-refractivity contribution in [3.8, 4) is 0 Å². The van der Waals surface area contributed by atoms with Crippen molar-refractivity contribution in [1.29, 1.82) is 0 Å². The fourth-order valence-corrected chi connectivity index (χ4v) is 2.06. The monoisotopic (exact) mass is 204 g/mol. The highest BCUT2D eigenvalue weighted by Crippen LogP contribution is 2.28. The molecule has 2 aromatic rings. The molecule has 80 valence electrons. The number of nitrogens with zero attached hydrogens (tertiary/aromatic N) is 1. The molecule has 0 fully saturated rings. The Balaban J connectivity index is 2.80. The Morgan fingerprint density at radius 1 is 1.40 bits per heavy atom. The van der Waals surface area contributed by atoms with E-state index in [2.05, 4.69) is 18.4 Å². The summed E-state index contributed by atoms with van der Waals surface area (Å²) < 4.78 is 2.12. The van der Waals surface area contributed by atoms with Crippen LogP contribution in [0.5, 0.6) is 0 Å². The third-order valence-corrected chi connectivity index (χ3v) is 2.68. The highest BCUT2D eigenvalue weighted by molar-refractivity contribution is 5.92. The summed E-state index contributed by atoms with van der Waals surface area (Å²) in [5.74, 6) is 0. The average Bonchev–Trinajstić information content (AvgIpc) is 2.57. The number of fused-ring (bicyclic) bond motifs is 1.